The summed E-state index contributed by atoms with van der Waals surface area (Å²) < 4.78 is 18.9. The van der Waals surface area contributed by atoms with Crippen LogP contribution in [0.1, 0.15) is 15.2 Å². The molecule has 0 saturated heterocycles. The molecule has 0 radical (unpaired) electrons. The van der Waals surface area contributed by atoms with Crippen LogP contribution in [0, 0.1) is 5.82 Å². The van der Waals surface area contributed by atoms with Crippen molar-refractivity contribution in [2.24, 2.45) is 0 Å². The van der Waals surface area contributed by atoms with Crippen molar-refractivity contribution in [3.05, 3.63) is 71.0 Å². The SMILES string of the molecule is COc1cccc(Nc2ncc(C(=O)c3ccccc3F)s2)c1. The highest BCUT2D eigenvalue weighted by atomic mass is 32.1. The minimum atomic E-state index is -0.534. The van der Waals surface area contributed by atoms with Gasteiger partial charge in [0.15, 0.2) is 5.13 Å². The van der Waals surface area contributed by atoms with Gasteiger partial charge in [0.1, 0.15) is 11.6 Å². The lowest BCUT2D eigenvalue weighted by Crippen LogP contribution is -2.01. The van der Waals surface area contributed by atoms with E-state index in [4.69, 9.17) is 4.74 Å². The largest absolute Gasteiger partial charge is 0.497 e. The third-order valence-corrected chi connectivity index (χ3v) is 4.08. The Morgan fingerprint density at radius 3 is 2.83 bits per heavy atom. The molecule has 0 spiro atoms. The molecule has 23 heavy (non-hydrogen) atoms. The third-order valence-electron chi connectivity index (χ3n) is 3.17. The number of hydrogen-bond acceptors (Lipinski definition) is 5. The molecule has 6 heteroatoms. The average molecular weight is 328 g/mol. The molecule has 0 fully saturated rings. The number of thiazole rings is 1. The van der Waals surface area contributed by atoms with Crippen LogP contribution in [0.4, 0.5) is 15.2 Å². The zero-order valence-electron chi connectivity index (χ0n) is 12.2. The molecule has 0 bridgehead atoms. The van der Waals surface area contributed by atoms with Gasteiger partial charge >= 0.3 is 0 Å². The molecule has 2 aromatic carbocycles. The van der Waals surface area contributed by atoms with Crippen molar-refractivity contribution in [2.75, 3.05) is 12.4 Å². The first-order valence-corrected chi connectivity index (χ1v) is 7.65. The lowest BCUT2D eigenvalue weighted by atomic mass is 10.1. The number of nitrogens with zero attached hydrogens (tertiary/aromatic N) is 1. The Morgan fingerprint density at radius 2 is 2.04 bits per heavy atom. The Balaban J connectivity index is 1.80. The smallest absolute Gasteiger partial charge is 0.207 e. The number of methoxy groups -OCH3 is 1. The Kier molecular flexibility index (Phi) is 4.34. The first-order valence-electron chi connectivity index (χ1n) is 6.83. The van der Waals surface area contributed by atoms with Crippen molar-refractivity contribution in [1.29, 1.82) is 0 Å². The predicted molar refractivity (Wildman–Crippen MR) is 88.2 cm³/mol. The number of aromatic nitrogens is 1. The molecule has 116 valence electrons. The molecule has 3 aromatic rings. The van der Waals surface area contributed by atoms with Crippen LogP contribution < -0.4 is 10.1 Å². The number of benzene rings is 2. The Bertz CT molecular complexity index is 848. The summed E-state index contributed by atoms with van der Waals surface area (Å²) in [6.45, 7) is 0. The van der Waals surface area contributed by atoms with E-state index in [1.54, 1.807) is 19.2 Å². The number of ether oxygens (including phenoxy) is 1. The van der Waals surface area contributed by atoms with E-state index in [9.17, 15) is 9.18 Å². The maximum atomic E-state index is 13.7. The zero-order chi connectivity index (χ0) is 16.2. The number of ketones is 1. The number of carbonyl (C=O) groups excluding carboxylic acids is 1. The Morgan fingerprint density at radius 1 is 1.22 bits per heavy atom. The van der Waals surface area contributed by atoms with Gasteiger partial charge in [-0.1, -0.05) is 29.5 Å². The second kappa shape index (κ2) is 6.58. The fraction of sp³-hybridized carbons (Fsp3) is 0.0588. The van der Waals surface area contributed by atoms with Gasteiger partial charge in [-0.3, -0.25) is 4.79 Å². The summed E-state index contributed by atoms with van der Waals surface area (Å²) in [6, 6.07) is 13.3. The molecule has 1 N–H and O–H groups in total. The molecular weight excluding hydrogens is 315 g/mol. The van der Waals surface area contributed by atoms with Crippen LogP contribution in [0.2, 0.25) is 0 Å². The maximum Gasteiger partial charge on any atom is 0.207 e. The highest BCUT2D eigenvalue weighted by Crippen LogP contribution is 2.26. The first-order chi connectivity index (χ1) is 11.2. The number of halogens is 1. The number of rotatable bonds is 5. The minimum Gasteiger partial charge on any atom is -0.497 e. The fourth-order valence-corrected chi connectivity index (χ4v) is 2.83. The molecule has 0 aliphatic heterocycles. The van der Waals surface area contributed by atoms with E-state index in [-0.39, 0.29) is 11.3 Å². The molecule has 1 heterocycles. The lowest BCUT2D eigenvalue weighted by molar-refractivity contribution is 0.103. The maximum absolute atomic E-state index is 13.7. The van der Waals surface area contributed by atoms with Gasteiger partial charge < -0.3 is 10.1 Å². The number of carbonyl (C=O) groups is 1. The molecule has 1 aromatic heterocycles. The van der Waals surface area contributed by atoms with Crippen LogP contribution in [0.15, 0.2) is 54.7 Å². The molecule has 3 rings (SSSR count). The highest BCUT2D eigenvalue weighted by Gasteiger charge is 2.16. The predicted octanol–water partition coefficient (Wildman–Crippen LogP) is 4.27. The van der Waals surface area contributed by atoms with E-state index in [0.29, 0.717) is 15.8 Å². The van der Waals surface area contributed by atoms with Crippen molar-refractivity contribution < 1.29 is 13.9 Å². The Hall–Kier alpha value is -2.73. The summed E-state index contributed by atoms with van der Waals surface area (Å²) >= 11 is 1.17. The van der Waals surface area contributed by atoms with Crippen LogP contribution in [-0.4, -0.2) is 17.9 Å². The van der Waals surface area contributed by atoms with Gasteiger partial charge in [0.2, 0.25) is 5.78 Å². The van der Waals surface area contributed by atoms with E-state index in [1.807, 2.05) is 24.3 Å². The van der Waals surface area contributed by atoms with Crippen molar-refractivity contribution in [2.45, 2.75) is 0 Å². The summed E-state index contributed by atoms with van der Waals surface area (Å²) in [6.07, 6.45) is 1.45. The van der Waals surface area contributed by atoms with Crippen LogP contribution in [0.25, 0.3) is 0 Å². The van der Waals surface area contributed by atoms with E-state index >= 15 is 0 Å². The van der Waals surface area contributed by atoms with Crippen molar-refractivity contribution in [1.82, 2.24) is 4.98 Å². The molecule has 0 aliphatic rings. The summed E-state index contributed by atoms with van der Waals surface area (Å²) in [7, 11) is 1.59. The van der Waals surface area contributed by atoms with Crippen LogP contribution in [-0.2, 0) is 0 Å². The quantitative estimate of drug-likeness (QED) is 0.711. The second-order valence-electron chi connectivity index (χ2n) is 4.70. The molecule has 0 saturated carbocycles. The number of nitrogens with one attached hydrogen (secondary N) is 1. The van der Waals surface area contributed by atoms with Gasteiger partial charge in [-0.05, 0) is 24.3 Å². The van der Waals surface area contributed by atoms with Gasteiger partial charge in [0.25, 0.3) is 0 Å². The van der Waals surface area contributed by atoms with E-state index < -0.39 is 5.82 Å². The molecular formula is C17H13FN2O2S. The van der Waals surface area contributed by atoms with E-state index in [2.05, 4.69) is 10.3 Å². The van der Waals surface area contributed by atoms with Gasteiger partial charge in [0, 0.05) is 11.8 Å². The van der Waals surface area contributed by atoms with Crippen LogP contribution in [0.5, 0.6) is 5.75 Å². The van der Waals surface area contributed by atoms with Crippen molar-refractivity contribution in [3.63, 3.8) is 0 Å². The van der Waals surface area contributed by atoms with Gasteiger partial charge in [-0.2, -0.15) is 0 Å². The zero-order valence-corrected chi connectivity index (χ0v) is 13.1. The van der Waals surface area contributed by atoms with E-state index in [0.717, 1.165) is 5.69 Å². The van der Waals surface area contributed by atoms with Gasteiger partial charge in [-0.15, -0.1) is 0 Å². The molecule has 0 amide bonds. The third kappa shape index (κ3) is 3.37. The summed E-state index contributed by atoms with van der Waals surface area (Å²) in [4.78, 5) is 16.9. The lowest BCUT2D eigenvalue weighted by Gasteiger charge is -2.04. The normalized spacial score (nSPS) is 10.3. The van der Waals surface area contributed by atoms with Crippen molar-refractivity contribution in [3.8, 4) is 5.75 Å². The standard InChI is InChI=1S/C17H13FN2O2S/c1-22-12-6-4-5-11(9-12)20-17-19-10-15(23-17)16(21)13-7-2-3-8-14(13)18/h2-10H,1H3,(H,19,20). The molecule has 0 aliphatic carbocycles. The molecule has 0 unspecified atom stereocenters. The topological polar surface area (TPSA) is 51.2 Å². The monoisotopic (exact) mass is 328 g/mol. The fourth-order valence-electron chi connectivity index (χ4n) is 2.04. The van der Waals surface area contributed by atoms with Gasteiger partial charge in [-0.25, -0.2) is 9.37 Å². The summed E-state index contributed by atoms with van der Waals surface area (Å²) in [5, 5.41) is 3.66. The van der Waals surface area contributed by atoms with Crippen LogP contribution in [0.3, 0.4) is 0 Å². The summed E-state index contributed by atoms with van der Waals surface area (Å²) in [5.74, 6) is -0.193. The Labute approximate surface area is 136 Å². The average Bonchev–Trinajstić information content (AvgIpc) is 3.03. The van der Waals surface area contributed by atoms with Crippen LogP contribution >= 0.6 is 11.3 Å². The number of anilines is 2. The van der Waals surface area contributed by atoms with E-state index in [1.165, 1.54) is 29.7 Å². The second-order valence-corrected chi connectivity index (χ2v) is 5.73. The summed E-state index contributed by atoms with van der Waals surface area (Å²) in [5.41, 5.74) is 0.840. The minimum absolute atomic E-state index is 0.0454. The molecule has 0 atom stereocenters. The highest BCUT2D eigenvalue weighted by molar-refractivity contribution is 7.17. The van der Waals surface area contributed by atoms with Crippen molar-refractivity contribution >= 4 is 27.9 Å². The number of hydrogen-bond donors (Lipinski definition) is 1. The van der Waals surface area contributed by atoms with Gasteiger partial charge in [0.05, 0.1) is 23.7 Å². The first kappa shape index (κ1) is 15.2. The molecule has 4 nitrogen and oxygen atoms in total.